The molecule has 1 atom stereocenters. The van der Waals surface area contributed by atoms with Crippen molar-refractivity contribution in [3.63, 3.8) is 0 Å². The molecule has 0 fully saturated rings. The van der Waals surface area contributed by atoms with Gasteiger partial charge in [-0.3, -0.25) is 0 Å². The number of hydrogen-bond donors (Lipinski definition) is 1. The zero-order valence-electron chi connectivity index (χ0n) is 12.1. The van der Waals surface area contributed by atoms with Crippen molar-refractivity contribution in [1.29, 1.82) is 0 Å². The molecule has 0 amide bonds. The van der Waals surface area contributed by atoms with Gasteiger partial charge >= 0.3 is 0 Å². The number of hydrogen-bond acceptors (Lipinski definition) is 3. The number of fused-ring (bicyclic) bond motifs is 1. The highest BCUT2D eigenvalue weighted by molar-refractivity contribution is 7.12. The summed E-state index contributed by atoms with van der Waals surface area (Å²) in [5.74, 6) is 0.884. The predicted octanol–water partition coefficient (Wildman–Crippen LogP) is 4.72. The second kappa shape index (κ2) is 5.08. The monoisotopic (exact) mass is 285 g/mol. The van der Waals surface area contributed by atoms with E-state index >= 15 is 0 Å². The van der Waals surface area contributed by atoms with E-state index in [0.717, 1.165) is 23.3 Å². The summed E-state index contributed by atoms with van der Waals surface area (Å²) in [6, 6.07) is 10.4. The lowest BCUT2D eigenvalue weighted by atomic mass is 10.1. The van der Waals surface area contributed by atoms with Gasteiger partial charge in [-0.1, -0.05) is 18.6 Å². The van der Waals surface area contributed by atoms with E-state index in [0.29, 0.717) is 0 Å². The smallest absolute Gasteiger partial charge is 0.134 e. The van der Waals surface area contributed by atoms with Crippen molar-refractivity contribution in [2.75, 3.05) is 0 Å². The molecular formula is C17H19NOS. The van der Waals surface area contributed by atoms with E-state index in [-0.39, 0.29) is 6.04 Å². The van der Waals surface area contributed by atoms with Crippen LogP contribution in [0.4, 0.5) is 0 Å². The SMILES string of the molecule is CCc1ccc(C(N)c2oc3ccc(C)cc3c2C)s1. The van der Waals surface area contributed by atoms with Crippen molar-refractivity contribution in [3.8, 4) is 0 Å². The molecule has 3 aromatic rings. The zero-order valence-corrected chi connectivity index (χ0v) is 12.9. The van der Waals surface area contributed by atoms with Gasteiger partial charge in [-0.05, 0) is 44.5 Å². The van der Waals surface area contributed by atoms with E-state index in [1.807, 2.05) is 6.07 Å². The molecule has 0 saturated carbocycles. The minimum absolute atomic E-state index is 0.173. The summed E-state index contributed by atoms with van der Waals surface area (Å²) >= 11 is 1.77. The average molecular weight is 285 g/mol. The quantitative estimate of drug-likeness (QED) is 0.756. The van der Waals surface area contributed by atoms with Gasteiger partial charge in [0.1, 0.15) is 11.3 Å². The van der Waals surface area contributed by atoms with Crippen molar-refractivity contribution < 1.29 is 4.42 Å². The summed E-state index contributed by atoms with van der Waals surface area (Å²) in [5, 5.41) is 1.17. The molecule has 2 heterocycles. The first-order valence-corrected chi connectivity index (χ1v) is 7.75. The zero-order chi connectivity index (χ0) is 14.3. The van der Waals surface area contributed by atoms with Crippen LogP contribution in [0.2, 0.25) is 0 Å². The Balaban J connectivity index is 2.07. The molecule has 0 spiro atoms. The van der Waals surface area contributed by atoms with E-state index in [1.54, 1.807) is 11.3 Å². The Morgan fingerprint density at radius 1 is 1.20 bits per heavy atom. The van der Waals surface area contributed by atoms with Crippen LogP contribution in [0.1, 0.15) is 39.6 Å². The van der Waals surface area contributed by atoms with E-state index in [4.69, 9.17) is 10.2 Å². The highest BCUT2D eigenvalue weighted by Gasteiger charge is 2.20. The molecule has 2 N–H and O–H groups in total. The maximum Gasteiger partial charge on any atom is 0.134 e. The highest BCUT2D eigenvalue weighted by Crippen LogP contribution is 2.34. The van der Waals surface area contributed by atoms with Crippen LogP contribution < -0.4 is 5.73 Å². The average Bonchev–Trinajstić information content (AvgIpc) is 3.04. The molecule has 0 aliphatic heterocycles. The van der Waals surface area contributed by atoms with Gasteiger partial charge in [0.15, 0.2) is 0 Å². The molecule has 0 bridgehead atoms. The standard InChI is InChI=1S/C17H19NOS/c1-4-12-6-8-15(20-12)16(18)17-11(3)13-9-10(2)5-7-14(13)19-17/h5-9,16H,4,18H2,1-3H3. The van der Waals surface area contributed by atoms with Crippen molar-refractivity contribution in [3.05, 3.63) is 57.0 Å². The lowest BCUT2D eigenvalue weighted by molar-refractivity contribution is 0.524. The number of furan rings is 1. The summed E-state index contributed by atoms with van der Waals surface area (Å²) in [6.45, 7) is 6.35. The summed E-state index contributed by atoms with van der Waals surface area (Å²) in [6.07, 6.45) is 1.05. The summed E-state index contributed by atoms with van der Waals surface area (Å²) in [4.78, 5) is 2.53. The van der Waals surface area contributed by atoms with Crippen LogP contribution in [0.5, 0.6) is 0 Å². The maximum atomic E-state index is 6.40. The van der Waals surface area contributed by atoms with Crippen LogP contribution in [0, 0.1) is 13.8 Å². The Kier molecular flexibility index (Phi) is 3.40. The second-order valence-corrected chi connectivity index (χ2v) is 6.43. The second-order valence-electron chi connectivity index (χ2n) is 5.23. The summed E-state index contributed by atoms with van der Waals surface area (Å²) in [5.41, 5.74) is 9.72. The molecule has 20 heavy (non-hydrogen) atoms. The Labute approximate surface area is 123 Å². The molecule has 0 radical (unpaired) electrons. The topological polar surface area (TPSA) is 39.2 Å². The Morgan fingerprint density at radius 2 is 2.00 bits per heavy atom. The Bertz CT molecular complexity index is 754. The molecule has 1 unspecified atom stereocenters. The van der Waals surface area contributed by atoms with Gasteiger partial charge in [0, 0.05) is 20.7 Å². The van der Waals surface area contributed by atoms with Gasteiger partial charge in [0.05, 0.1) is 6.04 Å². The van der Waals surface area contributed by atoms with Crippen LogP contribution in [0.3, 0.4) is 0 Å². The fraction of sp³-hybridized carbons (Fsp3) is 0.294. The van der Waals surface area contributed by atoms with Gasteiger partial charge in [-0.15, -0.1) is 11.3 Å². The molecule has 2 aromatic heterocycles. The summed E-state index contributed by atoms with van der Waals surface area (Å²) in [7, 11) is 0. The third-order valence-electron chi connectivity index (χ3n) is 3.75. The van der Waals surface area contributed by atoms with Crippen molar-refractivity contribution in [1.82, 2.24) is 0 Å². The lowest BCUT2D eigenvalue weighted by Crippen LogP contribution is -2.10. The number of rotatable bonds is 3. The maximum absolute atomic E-state index is 6.40. The first-order valence-electron chi connectivity index (χ1n) is 6.94. The van der Waals surface area contributed by atoms with Crippen LogP contribution in [-0.2, 0) is 6.42 Å². The first kappa shape index (κ1) is 13.4. The number of aryl methyl sites for hydroxylation is 3. The van der Waals surface area contributed by atoms with E-state index in [1.165, 1.54) is 20.7 Å². The molecule has 104 valence electrons. The van der Waals surface area contributed by atoms with E-state index in [2.05, 4.69) is 45.0 Å². The normalized spacial score (nSPS) is 13.0. The Hall–Kier alpha value is -1.58. The van der Waals surface area contributed by atoms with Gasteiger partial charge in [0.2, 0.25) is 0 Å². The largest absolute Gasteiger partial charge is 0.459 e. The third kappa shape index (κ3) is 2.17. The van der Waals surface area contributed by atoms with Gasteiger partial charge in [-0.25, -0.2) is 0 Å². The van der Waals surface area contributed by atoms with Crippen LogP contribution in [0.25, 0.3) is 11.0 Å². The number of nitrogens with two attached hydrogens (primary N) is 1. The van der Waals surface area contributed by atoms with Gasteiger partial charge < -0.3 is 10.2 Å². The molecular weight excluding hydrogens is 266 g/mol. The van der Waals surface area contributed by atoms with Crippen molar-refractivity contribution in [2.45, 2.75) is 33.2 Å². The minimum Gasteiger partial charge on any atom is -0.459 e. The van der Waals surface area contributed by atoms with Crippen LogP contribution >= 0.6 is 11.3 Å². The predicted molar refractivity (Wildman–Crippen MR) is 85.4 cm³/mol. The van der Waals surface area contributed by atoms with Crippen molar-refractivity contribution in [2.24, 2.45) is 5.73 Å². The van der Waals surface area contributed by atoms with Gasteiger partial charge in [-0.2, -0.15) is 0 Å². The third-order valence-corrected chi connectivity index (χ3v) is 5.06. The number of benzene rings is 1. The highest BCUT2D eigenvalue weighted by atomic mass is 32.1. The Morgan fingerprint density at radius 3 is 2.70 bits per heavy atom. The molecule has 0 aliphatic rings. The molecule has 0 aliphatic carbocycles. The number of thiophene rings is 1. The molecule has 0 saturated heterocycles. The van der Waals surface area contributed by atoms with Crippen LogP contribution in [-0.4, -0.2) is 0 Å². The van der Waals surface area contributed by atoms with E-state index in [9.17, 15) is 0 Å². The molecule has 3 rings (SSSR count). The summed E-state index contributed by atoms with van der Waals surface area (Å²) < 4.78 is 5.99. The fourth-order valence-electron chi connectivity index (χ4n) is 2.53. The first-order chi connectivity index (χ1) is 9.60. The van der Waals surface area contributed by atoms with E-state index < -0.39 is 0 Å². The minimum atomic E-state index is -0.173. The fourth-order valence-corrected chi connectivity index (χ4v) is 3.48. The van der Waals surface area contributed by atoms with Gasteiger partial charge in [0.25, 0.3) is 0 Å². The lowest BCUT2D eigenvalue weighted by Gasteiger charge is -2.07. The van der Waals surface area contributed by atoms with Crippen molar-refractivity contribution >= 4 is 22.3 Å². The molecule has 3 heteroatoms. The van der Waals surface area contributed by atoms with Crippen LogP contribution in [0.15, 0.2) is 34.7 Å². The molecule has 1 aromatic carbocycles. The molecule has 2 nitrogen and oxygen atoms in total.